The minimum absolute atomic E-state index is 0.0248. The maximum absolute atomic E-state index is 12.0. The highest BCUT2D eigenvalue weighted by molar-refractivity contribution is 5.76. The Kier molecular flexibility index (Phi) is 3.96. The van der Waals surface area contributed by atoms with Crippen LogP contribution >= 0.6 is 0 Å². The number of amides is 1. The van der Waals surface area contributed by atoms with Crippen LogP contribution in [0.5, 0.6) is 0 Å². The predicted molar refractivity (Wildman–Crippen MR) is 61.9 cm³/mol. The molecule has 0 spiro atoms. The Morgan fingerprint density at radius 3 is 3.12 bits per heavy atom. The summed E-state index contributed by atoms with van der Waals surface area (Å²) in [5, 5.41) is 0. The number of ether oxygens (including phenoxy) is 1. The second kappa shape index (κ2) is 5.46. The normalized spacial score (nSPS) is 29.7. The first-order chi connectivity index (χ1) is 7.79. The third kappa shape index (κ3) is 2.83. The van der Waals surface area contributed by atoms with Gasteiger partial charge in [0.25, 0.3) is 0 Å². The SMILES string of the molecule is NCC1CN(C(=O)CC2C=CCC2)CCO1. The average molecular weight is 224 g/mol. The van der Waals surface area contributed by atoms with Gasteiger partial charge in [0.1, 0.15) is 0 Å². The lowest BCUT2D eigenvalue weighted by atomic mass is 10.0. The van der Waals surface area contributed by atoms with Crippen molar-refractivity contribution >= 4 is 5.91 Å². The molecule has 2 aliphatic rings. The smallest absolute Gasteiger partial charge is 0.223 e. The largest absolute Gasteiger partial charge is 0.373 e. The molecular weight excluding hydrogens is 204 g/mol. The number of nitrogens with two attached hydrogens (primary N) is 1. The highest BCUT2D eigenvalue weighted by Crippen LogP contribution is 2.21. The number of hydrogen-bond acceptors (Lipinski definition) is 3. The molecule has 1 saturated heterocycles. The van der Waals surface area contributed by atoms with E-state index in [9.17, 15) is 4.79 Å². The van der Waals surface area contributed by atoms with Crippen molar-refractivity contribution in [3.63, 3.8) is 0 Å². The third-order valence-electron chi connectivity index (χ3n) is 3.30. The first-order valence-corrected chi connectivity index (χ1v) is 6.05. The fraction of sp³-hybridized carbons (Fsp3) is 0.750. The molecule has 1 aliphatic heterocycles. The highest BCUT2D eigenvalue weighted by atomic mass is 16.5. The molecule has 2 unspecified atom stereocenters. The van der Waals surface area contributed by atoms with Crippen LogP contribution in [0.2, 0.25) is 0 Å². The fourth-order valence-corrected chi connectivity index (χ4v) is 2.31. The number of rotatable bonds is 3. The molecule has 1 fully saturated rings. The Morgan fingerprint density at radius 2 is 2.44 bits per heavy atom. The molecule has 2 atom stereocenters. The molecule has 0 bridgehead atoms. The lowest BCUT2D eigenvalue weighted by Crippen LogP contribution is -2.48. The molecule has 0 aromatic rings. The van der Waals surface area contributed by atoms with Gasteiger partial charge in [-0.25, -0.2) is 0 Å². The zero-order valence-corrected chi connectivity index (χ0v) is 9.60. The minimum atomic E-state index is 0.0248. The molecule has 0 aromatic heterocycles. The van der Waals surface area contributed by atoms with Crippen LogP contribution in [-0.2, 0) is 9.53 Å². The van der Waals surface area contributed by atoms with Crippen LogP contribution in [-0.4, -0.2) is 43.2 Å². The van der Waals surface area contributed by atoms with Gasteiger partial charge in [-0.1, -0.05) is 12.2 Å². The number of morpholine rings is 1. The molecule has 2 N–H and O–H groups in total. The topological polar surface area (TPSA) is 55.6 Å². The second-order valence-corrected chi connectivity index (χ2v) is 4.54. The molecule has 2 rings (SSSR count). The van der Waals surface area contributed by atoms with Crippen molar-refractivity contribution in [1.29, 1.82) is 0 Å². The van der Waals surface area contributed by atoms with Gasteiger partial charge in [0.2, 0.25) is 5.91 Å². The average Bonchev–Trinajstić information content (AvgIpc) is 2.82. The molecular formula is C12H20N2O2. The Balaban J connectivity index is 1.81. The maximum Gasteiger partial charge on any atom is 0.223 e. The zero-order valence-electron chi connectivity index (χ0n) is 9.60. The number of nitrogens with zero attached hydrogens (tertiary/aromatic N) is 1. The molecule has 0 radical (unpaired) electrons. The summed E-state index contributed by atoms with van der Waals surface area (Å²) in [6, 6.07) is 0. The summed E-state index contributed by atoms with van der Waals surface area (Å²) in [5.41, 5.74) is 5.56. The van der Waals surface area contributed by atoms with E-state index in [2.05, 4.69) is 12.2 Å². The molecule has 1 heterocycles. The van der Waals surface area contributed by atoms with Crippen molar-refractivity contribution in [2.24, 2.45) is 11.7 Å². The van der Waals surface area contributed by atoms with E-state index in [-0.39, 0.29) is 12.0 Å². The number of carbonyl (C=O) groups excluding carboxylic acids is 1. The standard InChI is InChI=1S/C12H20N2O2/c13-8-11-9-14(5-6-16-11)12(15)7-10-3-1-2-4-10/h1,3,10-11H,2,4-9,13H2. The summed E-state index contributed by atoms with van der Waals surface area (Å²) in [4.78, 5) is 13.9. The van der Waals surface area contributed by atoms with Gasteiger partial charge in [-0.15, -0.1) is 0 Å². The van der Waals surface area contributed by atoms with Gasteiger partial charge in [0.15, 0.2) is 0 Å². The third-order valence-corrected chi connectivity index (χ3v) is 3.30. The van der Waals surface area contributed by atoms with Gasteiger partial charge < -0.3 is 15.4 Å². The van der Waals surface area contributed by atoms with E-state index in [1.807, 2.05) is 4.90 Å². The van der Waals surface area contributed by atoms with Crippen molar-refractivity contribution in [2.45, 2.75) is 25.4 Å². The lowest BCUT2D eigenvalue weighted by Gasteiger charge is -2.32. The van der Waals surface area contributed by atoms with Crippen molar-refractivity contribution in [3.8, 4) is 0 Å². The summed E-state index contributed by atoms with van der Waals surface area (Å²) in [6.07, 6.45) is 7.24. The Labute approximate surface area is 96.4 Å². The Bertz CT molecular complexity index is 278. The van der Waals surface area contributed by atoms with E-state index in [1.54, 1.807) is 0 Å². The monoisotopic (exact) mass is 224 g/mol. The minimum Gasteiger partial charge on any atom is -0.373 e. The van der Waals surface area contributed by atoms with Crippen molar-refractivity contribution < 1.29 is 9.53 Å². The molecule has 0 aromatic carbocycles. The van der Waals surface area contributed by atoms with Gasteiger partial charge in [-0.05, 0) is 18.8 Å². The summed E-state index contributed by atoms with van der Waals surface area (Å²) in [7, 11) is 0. The predicted octanol–water partition coefficient (Wildman–Crippen LogP) is 0.529. The molecule has 16 heavy (non-hydrogen) atoms. The van der Waals surface area contributed by atoms with E-state index in [1.165, 1.54) is 0 Å². The summed E-state index contributed by atoms with van der Waals surface area (Å²) >= 11 is 0. The van der Waals surface area contributed by atoms with Crippen LogP contribution in [0, 0.1) is 5.92 Å². The van der Waals surface area contributed by atoms with Crippen molar-refractivity contribution in [2.75, 3.05) is 26.2 Å². The number of hydrogen-bond donors (Lipinski definition) is 1. The van der Waals surface area contributed by atoms with Gasteiger partial charge in [-0.2, -0.15) is 0 Å². The van der Waals surface area contributed by atoms with Gasteiger partial charge in [0, 0.05) is 26.1 Å². The van der Waals surface area contributed by atoms with E-state index in [4.69, 9.17) is 10.5 Å². The fourth-order valence-electron chi connectivity index (χ4n) is 2.31. The first-order valence-electron chi connectivity index (χ1n) is 6.05. The van der Waals surface area contributed by atoms with Crippen LogP contribution in [0.4, 0.5) is 0 Å². The number of allylic oxidation sites excluding steroid dienone is 2. The van der Waals surface area contributed by atoms with Crippen LogP contribution in [0.15, 0.2) is 12.2 Å². The quantitative estimate of drug-likeness (QED) is 0.711. The summed E-state index contributed by atoms with van der Waals surface area (Å²) in [5.74, 6) is 0.699. The van der Waals surface area contributed by atoms with Gasteiger partial charge in [0.05, 0.1) is 12.7 Å². The van der Waals surface area contributed by atoms with E-state index < -0.39 is 0 Å². The molecule has 4 heteroatoms. The van der Waals surface area contributed by atoms with Crippen LogP contribution in [0.25, 0.3) is 0 Å². The number of carbonyl (C=O) groups is 1. The summed E-state index contributed by atoms with van der Waals surface area (Å²) in [6.45, 7) is 2.48. The first kappa shape index (κ1) is 11.6. The molecule has 1 amide bonds. The van der Waals surface area contributed by atoms with E-state index in [0.29, 0.717) is 38.6 Å². The van der Waals surface area contributed by atoms with Gasteiger partial charge in [-0.3, -0.25) is 4.79 Å². The Morgan fingerprint density at radius 1 is 1.56 bits per heavy atom. The Hall–Kier alpha value is -0.870. The molecule has 90 valence electrons. The van der Waals surface area contributed by atoms with Crippen LogP contribution < -0.4 is 5.73 Å². The van der Waals surface area contributed by atoms with Gasteiger partial charge >= 0.3 is 0 Å². The van der Waals surface area contributed by atoms with Crippen LogP contribution in [0.1, 0.15) is 19.3 Å². The lowest BCUT2D eigenvalue weighted by molar-refractivity contribution is -0.139. The molecule has 0 saturated carbocycles. The van der Waals surface area contributed by atoms with E-state index >= 15 is 0 Å². The zero-order chi connectivity index (χ0) is 11.4. The van der Waals surface area contributed by atoms with Crippen molar-refractivity contribution in [1.82, 2.24) is 4.90 Å². The molecule has 4 nitrogen and oxygen atoms in total. The maximum atomic E-state index is 12.0. The molecule has 1 aliphatic carbocycles. The highest BCUT2D eigenvalue weighted by Gasteiger charge is 2.25. The van der Waals surface area contributed by atoms with E-state index in [0.717, 1.165) is 12.8 Å². The second-order valence-electron chi connectivity index (χ2n) is 4.54. The van der Waals surface area contributed by atoms with Crippen LogP contribution in [0.3, 0.4) is 0 Å². The van der Waals surface area contributed by atoms with Crippen molar-refractivity contribution in [3.05, 3.63) is 12.2 Å². The summed E-state index contributed by atoms with van der Waals surface area (Å²) < 4.78 is 5.44.